The van der Waals surface area contributed by atoms with E-state index >= 15 is 0 Å². The van der Waals surface area contributed by atoms with Crippen LogP contribution in [-0.2, 0) is 4.79 Å². The molecule has 2 aliphatic heterocycles. The first kappa shape index (κ1) is 16.4. The third-order valence-corrected chi connectivity index (χ3v) is 4.55. The minimum absolute atomic E-state index is 0.168. The monoisotopic (exact) mass is 328 g/mol. The third kappa shape index (κ3) is 3.10. The average molecular weight is 328 g/mol. The molecule has 0 spiro atoms. The molecule has 2 aliphatic rings. The standard InChI is InChI=1S/C18H21N3O3/c1-13(2)11-19-7-9-20(10-8-19)16(22)12-21-17(23)14-5-3-4-6-15(14)18(21)24/h3-6H,1,7-12H2,2H3/p+1. The maximum absolute atomic E-state index is 12.5. The molecule has 2 heterocycles. The van der Waals surface area contributed by atoms with Gasteiger partial charge in [-0.2, -0.15) is 0 Å². The van der Waals surface area contributed by atoms with Crippen LogP contribution < -0.4 is 4.90 Å². The Kier molecular flexibility index (Phi) is 4.49. The summed E-state index contributed by atoms with van der Waals surface area (Å²) < 4.78 is 0. The van der Waals surface area contributed by atoms with Gasteiger partial charge in [-0.25, -0.2) is 0 Å². The van der Waals surface area contributed by atoms with E-state index in [2.05, 4.69) is 6.58 Å². The Morgan fingerprint density at radius 1 is 1.12 bits per heavy atom. The predicted octanol–water partition coefficient (Wildman–Crippen LogP) is -0.414. The van der Waals surface area contributed by atoms with Gasteiger partial charge in [-0.3, -0.25) is 19.3 Å². The topological polar surface area (TPSA) is 62.1 Å². The zero-order chi connectivity index (χ0) is 17.3. The second-order valence-electron chi connectivity index (χ2n) is 6.51. The van der Waals surface area contributed by atoms with Crippen molar-refractivity contribution in [1.82, 2.24) is 9.80 Å². The number of rotatable bonds is 4. The minimum Gasteiger partial charge on any atom is -0.330 e. The predicted molar refractivity (Wildman–Crippen MR) is 88.8 cm³/mol. The number of hydrogen-bond donors (Lipinski definition) is 1. The van der Waals surface area contributed by atoms with E-state index in [0.29, 0.717) is 24.2 Å². The molecule has 126 valence electrons. The number of carbonyl (C=O) groups excluding carboxylic acids is 3. The number of quaternary nitrogens is 1. The number of benzene rings is 1. The quantitative estimate of drug-likeness (QED) is 0.604. The van der Waals surface area contributed by atoms with Crippen molar-refractivity contribution >= 4 is 17.7 Å². The maximum Gasteiger partial charge on any atom is 0.262 e. The van der Waals surface area contributed by atoms with Gasteiger partial charge in [-0.15, -0.1) is 0 Å². The largest absolute Gasteiger partial charge is 0.330 e. The molecule has 0 unspecified atom stereocenters. The van der Waals surface area contributed by atoms with Crippen LogP contribution in [0.15, 0.2) is 36.4 Å². The second kappa shape index (κ2) is 6.57. The first-order valence-electron chi connectivity index (χ1n) is 8.18. The van der Waals surface area contributed by atoms with E-state index in [-0.39, 0.29) is 24.3 Å². The smallest absolute Gasteiger partial charge is 0.262 e. The molecule has 6 nitrogen and oxygen atoms in total. The van der Waals surface area contributed by atoms with Gasteiger partial charge in [0.05, 0.1) is 43.9 Å². The van der Waals surface area contributed by atoms with E-state index in [1.807, 2.05) is 6.92 Å². The van der Waals surface area contributed by atoms with Gasteiger partial charge in [0.1, 0.15) is 6.54 Å². The molecule has 3 amide bonds. The normalized spacial score (nSPS) is 18.0. The Labute approximate surface area is 141 Å². The zero-order valence-electron chi connectivity index (χ0n) is 13.9. The van der Waals surface area contributed by atoms with Crippen LogP contribution in [0.4, 0.5) is 0 Å². The summed E-state index contributed by atoms with van der Waals surface area (Å²) >= 11 is 0. The highest BCUT2D eigenvalue weighted by Crippen LogP contribution is 2.22. The van der Waals surface area contributed by atoms with Crippen LogP contribution in [0.1, 0.15) is 27.6 Å². The van der Waals surface area contributed by atoms with Gasteiger partial charge >= 0.3 is 0 Å². The van der Waals surface area contributed by atoms with Crippen molar-refractivity contribution in [2.75, 3.05) is 39.3 Å². The van der Waals surface area contributed by atoms with Crippen LogP contribution >= 0.6 is 0 Å². The summed E-state index contributed by atoms with van der Waals surface area (Å²) in [7, 11) is 0. The SMILES string of the molecule is C=C(C)C[NH+]1CCN(C(=O)CN2C(=O)c3ccccc3C2=O)CC1. The number of nitrogens with one attached hydrogen (secondary N) is 1. The Hall–Kier alpha value is -2.47. The fraction of sp³-hybridized carbons (Fsp3) is 0.389. The molecular weight excluding hydrogens is 306 g/mol. The van der Waals surface area contributed by atoms with Crippen molar-refractivity contribution in [2.24, 2.45) is 0 Å². The first-order chi connectivity index (χ1) is 11.5. The van der Waals surface area contributed by atoms with Crippen molar-refractivity contribution < 1.29 is 19.3 Å². The lowest BCUT2D eigenvalue weighted by molar-refractivity contribution is -0.899. The molecule has 0 aromatic heterocycles. The molecule has 1 fully saturated rings. The first-order valence-corrected chi connectivity index (χ1v) is 8.18. The molecule has 0 saturated carbocycles. The molecule has 24 heavy (non-hydrogen) atoms. The lowest BCUT2D eigenvalue weighted by atomic mass is 10.1. The van der Waals surface area contributed by atoms with Crippen LogP contribution in [-0.4, -0.2) is 66.8 Å². The van der Waals surface area contributed by atoms with Gasteiger partial charge in [0.2, 0.25) is 5.91 Å². The highest BCUT2D eigenvalue weighted by atomic mass is 16.2. The molecule has 0 atom stereocenters. The summed E-state index contributed by atoms with van der Waals surface area (Å²) in [5, 5.41) is 0. The van der Waals surface area contributed by atoms with Gasteiger partial charge in [0, 0.05) is 0 Å². The van der Waals surface area contributed by atoms with Crippen molar-refractivity contribution in [3.63, 3.8) is 0 Å². The lowest BCUT2D eigenvalue weighted by Crippen LogP contribution is -3.15. The summed E-state index contributed by atoms with van der Waals surface area (Å²) in [5.74, 6) is -0.926. The van der Waals surface area contributed by atoms with E-state index in [0.717, 1.165) is 30.1 Å². The van der Waals surface area contributed by atoms with E-state index in [9.17, 15) is 14.4 Å². The number of fused-ring (bicyclic) bond motifs is 1. The summed E-state index contributed by atoms with van der Waals surface area (Å²) in [5.41, 5.74) is 1.90. The number of carbonyl (C=O) groups is 3. The fourth-order valence-electron chi connectivity index (χ4n) is 3.29. The molecule has 1 aromatic carbocycles. The van der Waals surface area contributed by atoms with Gasteiger partial charge < -0.3 is 9.80 Å². The van der Waals surface area contributed by atoms with Gasteiger partial charge in [0.15, 0.2) is 0 Å². The van der Waals surface area contributed by atoms with Crippen molar-refractivity contribution in [1.29, 1.82) is 0 Å². The Morgan fingerprint density at radius 2 is 1.67 bits per heavy atom. The molecule has 6 heteroatoms. The van der Waals surface area contributed by atoms with Gasteiger partial charge in [-0.1, -0.05) is 18.7 Å². The Morgan fingerprint density at radius 3 is 2.17 bits per heavy atom. The number of hydrogen-bond acceptors (Lipinski definition) is 3. The van der Waals surface area contributed by atoms with Crippen molar-refractivity contribution in [3.05, 3.63) is 47.5 Å². The highest BCUT2D eigenvalue weighted by Gasteiger charge is 2.37. The van der Waals surface area contributed by atoms with Gasteiger partial charge in [0.25, 0.3) is 11.8 Å². The summed E-state index contributed by atoms with van der Waals surface area (Å²) in [4.78, 5) is 41.3. The molecule has 1 aromatic rings. The van der Waals surface area contributed by atoms with E-state index in [1.54, 1.807) is 29.2 Å². The van der Waals surface area contributed by atoms with Crippen LogP contribution in [0, 0.1) is 0 Å². The number of imide groups is 1. The molecule has 1 saturated heterocycles. The van der Waals surface area contributed by atoms with Crippen LogP contribution in [0.2, 0.25) is 0 Å². The van der Waals surface area contributed by atoms with Crippen LogP contribution in [0.25, 0.3) is 0 Å². The van der Waals surface area contributed by atoms with E-state index < -0.39 is 0 Å². The molecular formula is C18H22N3O3+. The Balaban J connectivity index is 1.60. The number of amides is 3. The van der Waals surface area contributed by atoms with E-state index in [1.165, 1.54) is 4.90 Å². The number of piperazine rings is 1. The maximum atomic E-state index is 12.5. The Bertz CT molecular complexity index is 670. The molecule has 0 bridgehead atoms. The molecule has 1 N–H and O–H groups in total. The second-order valence-corrected chi connectivity index (χ2v) is 6.51. The minimum atomic E-state index is -0.379. The van der Waals surface area contributed by atoms with Crippen LogP contribution in [0.3, 0.4) is 0 Å². The summed E-state index contributed by atoms with van der Waals surface area (Å²) in [6, 6.07) is 6.69. The van der Waals surface area contributed by atoms with Gasteiger partial charge in [-0.05, 0) is 24.6 Å². The highest BCUT2D eigenvalue weighted by molar-refractivity contribution is 6.22. The molecule has 3 rings (SSSR count). The fourth-order valence-corrected chi connectivity index (χ4v) is 3.29. The van der Waals surface area contributed by atoms with Crippen molar-refractivity contribution in [3.8, 4) is 0 Å². The molecule has 0 radical (unpaired) electrons. The van der Waals surface area contributed by atoms with Crippen LogP contribution in [0.5, 0.6) is 0 Å². The lowest BCUT2D eigenvalue weighted by Gasteiger charge is -2.33. The third-order valence-electron chi connectivity index (χ3n) is 4.55. The van der Waals surface area contributed by atoms with E-state index in [4.69, 9.17) is 0 Å². The average Bonchev–Trinajstić information content (AvgIpc) is 2.80. The van der Waals surface area contributed by atoms with Crippen molar-refractivity contribution in [2.45, 2.75) is 6.92 Å². The summed E-state index contributed by atoms with van der Waals surface area (Å²) in [6.45, 7) is 9.68. The molecule has 0 aliphatic carbocycles. The zero-order valence-corrected chi connectivity index (χ0v) is 13.9. The summed E-state index contributed by atoms with van der Waals surface area (Å²) in [6.07, 6.45) is 0. The number of nitrogens with zero attached hydrogens (tertiary/aromatic N) is 2.